The Balaban J connectivity index is 1.74. The molecule has 0 heterocycles. The highest BCUT2D eigenvalue weighted by Gasteiger charge is 2.08. The molecule has 0 aliphatic carbocycles. The van der Waals surface area contributed by atoms with Crippen molar-refractivity contribution in [3.05, 3.63) is 71.8 Å². The molecule has 0 saturated carbocycles. The second kappa shape index (κ2) is 9.67. The largest absolute Gasteiger partial charge is 0.497 e. The molecule has 2 amide bonds. The molecule has 0 radical (unpaired) electrons. The highest BCUT2D eigenvalue weighted by atomic mass is 16.5. The van der Waals surface area contributed by atoms with Crippen LogP contribution < -0.4 is 15.5 Å². The molecule has 6 heteroatoms. The van der Waals surface area contributed by atoms with Gasteiger partial charge < -0.3 is 10.1 Å². The molecule has 0 unspecified atom stereocenters. The maximum atomic E-state index is 12.0. The molecule has 0 saturated heterocycles. The lowest BCUT2D eigenvalue weighted by Gasteiger charge is -2.05. The fraction of sp³-hybridized carbons (Fsp3) is 0.105. The van der Waals surface area contributed by atoms with E-state index < -0.39 is 5.91 Å². The van der Waals surface area contributed by atoms with Gasteiger partial charge in [-0.3, -0.25) is 9.59 Å². The predicted molar refractivity (Wildman–Crippen MR) is 97.4 cm³/mol. The first-order valence-electron chi connectivity index (χ1n) is 7.65. The standard InChI is InChI=1S/C19H19N3O3/c1-25-17-11-5-10-16(13-17)19(24)20-14-18(23)22-21-12-6-9-15-7-3-2-4-8-15/h2-13H,14H2,1H3,(H,20,24)(H,22,23)/b9-6+,21-12-. The molecule has 2 N–H and O–H groups in total. The zero-order valence-electron chi connectivity index (χ0n) is 13.8. The van der Waals surface area contributed by atoms with Gasteiger partial charge in [0.15, 0.2) is 0 Å². The summed E-state index contributed by atoms with van der Waals surface area (Å²) in [5, 5.41) is 6.30. The number of hydrogen-bond donors (Lipinski definition) is 2. The van der Waals surface area contributed by atoms with Crippen LogP contribution in [0.2, 0.25) is 0 Å². The third-order valence-electron chi connectivity index (χ3n) is 3.18. The minimum Gasteiger partial charge on any atom is -0.497 e. The molecular weight excluding hydrogens is 318 g/mol. The van der Waals surface area contributed by atoms with Gasteiger partial charge in [0, 0.05) is 11.8 Å². The fourth-order valence-electron chi connectivity index (χ4n) is 1.94. The van der Waals surface area contributed by atoms with Crippen molar-refractivity contribution in [1.82, 2.24) is 10.7 Å². The van der Waals surface area contributed by atoms with E-state index >= 15 is 0 Å². The Morgan fingerprint density at radius 3 is 2.68 bits per heavy atom. The van der Waals surface area contributed by atoms with Crippen LogP contribution in [0.15, 0.2) is 65.8 Å². The minimum atomic E-state index is -0.416. The van der Waals surface area contributed by atoms with Crippen molar-refractivity contribution in [2.75, 3.05) is 13.7 Å². The number of hydrazone groups is 1. The number of hydrogen-bond acceptors (Lipinski definition) is 4. The Morgan fingerprint density at radius 1 is 1.12 bits per heavy atom. The van der Waals surface area contributed by atoms with Crippen molar-refractivity contribution in [2.45, 2.75) is 0 Å². The topological polar surface area (TPSA) is 79.8 Å². The lowest BCUT2D eigenvalue weighted by atomic mass is 10.2. The summed E-state index contributed by atoms with van der Waals surface area (Å²) in [6.07, 6.45) is 5.04. The monoisotopic (exact) mass is 337 g/mol. The van der Waals surface area contributed by atoms with Gasteiger partial charge in [-0.1, -0.05) is 42.5 Å². The van der Waals surface area contributed by atoms with Gasteiger partial charge in [-0.2, -0.15) is 5.10 Å². The van der Waals surface area contributed by atoms with Gasteiger partial charge in [0.25, 0.3) is 11.8 Å². The summed E-state index contributed by atoms with van der Waals surface area (Å²) in [7, 11) is 1.52. The van der Waals surface area contributed by atoms with E-state index in [0.29, 0.717) is 11.3 Å². The first-order chi connectivity index (χ1) is 12.2. The molecule has 0 spiro atoms. The molecule has 25 heavy (non-hydrogen) atoms. The average Bonchev–Trinajstić information content (AvgIpc) is 2.66. The summed E-state index contributed by atoms with van der Waals surface area (Å²) in [5.74, 6) is -0.200. The van der Waals surface area contributed by atoms with Crippen LogP contribution >= 0.6 is 0 Å². The number of nitrogens with one attached hydrogen (secondary N) is 2. The quantitative estimate of drug-likeness (QED) is 0.601. The van der Waals surface area contributed by atoms with E-state index in [9.17, 15) is 9.59 Å². The van der Waals surface area contributed by atoms with Crippen molar-refractivity contribution in [2.24, 2.45) is 5.10 Å². The summed E-state index contributed by atoms with van der Waals surface area (Å²) in [4.78, 5) is 23.6. The number of carbonyl (C=O) groups excluding carboxylic acids is 2. The first-order valence-corrected chi connectivity index (χ1v) is 7.65. The zero-order chi connectivity index (χ0) is 17.9. The van der Waals surface area contributed by atoms with Crippen molar-refractivity contribution in [3.63, 3.8) is 0 Å². The third-order valence-corrected chi connectivity index (χ3v) is 3.18. The molecular formula is C19H19N3O3. The van der Waals surface area contributed by atoms with Gasteiger partial charge in [-0.05, 0) is 29.8 Å². The van der Waals surface area contributed by atoms with E-state index in [1.54, 1.807) is 30.3 Å². The van der Waals surface area contributed by atoms with Crippen molar-refractivity contribution in [1.29, 1.82) is 0 Å². The number of allylic oxidation sites excluding steroid dienone is 1. The van der Waals surface area contributed by atoms with E-state index in [1.807, 2.05) is 36.4 Å². The number of nitrogens with zero attached hydrogens (tertiary/aromatic N) is 1. The van der Waals surface area contributed by atoms with E-state index in [-0.39, 0.29) is 12.5 Å². The third kappa shape index (κ3) is 6.31. The van der Waals surface area contributed by atoms with Crippen molar-refractivity contribution < 1.29 is 14.3 Å². The maximum absolute atomic E-state index is 12.0. The molecule has 0 fully saturated rings. The molecule has 0 bridgehead atoms. The van der Waals surface area contributed by atoms with E-state index in [4.69, 9.17) is 4.74 Å². The Kier molecular flexibility index (Phi) is 6.94. The number of methoxy groups -OCH3 is 1. The maximum Gasteiger partial charge on any atom is 0.259 e. The van der Waals surface area contributed by atoms with Gasteiger partial charge >= 0.3 is 0 Å². The van der Waals surface area contributed by atoms with Gasteiger partial charge in [-0.15, -0.1) is 0 Å². The summed E-state index contributed by atoms with van der Waals surface area (Å²) < 4.78 is 5.05. The van der Waals surface area contributed by atoms with E-state index in [1.165, 1.54) is 13.3 Å². The van der Waals surface area contributed by atoms with Gasteiger partial charge in [0.2, 0.25) is 0 Å². The van der Waals surface area contributed by atoms with Crippen LogP contribution in [0.25, 0.3) is 6.08 Å². The van der Waals surface area contributed by atoms with E-state index in [2.05, 4.69) is 15.8 Å². The van der Waals surface area contributed by atoms with Crippen molar-refractivity contribution >= 4 is 24.1 Å². The first kappa shape index (κ1) is 17.9. The molecule has 0 atom stereocenters. The molecule has 2 aromatic carbocycles. The van der Waals surface area contributed by atoms with Crippen molar-refractivity contribution in [3.8, 4) is 5.75 Å². The predicted octanol–water partition coefficient (Wildman–Crippen LogP) is 2.24. The van der Waals surface area contributed by atoms with Crippen LogP contribution in [0.1, 0.15) is 15.9 Å². The molecule has 0 aliphatic rings. The number of amides is 2. The molecule has 0 aliphatic heterocycles. The summed E-state index contributed by atoms with van der Waals surface area (Å²) in [5.41, 5.74) is 3.79. The zero-order valence-corrected chi connectivity index (χ0v) is 13.8. The summed E-state index contributed by atoms with van der Waals surface area (Å²) >= 11 is 0. The SMILES string of the molecule is COc1cccc(C(=O)NCC(=O)N/N=C\C=C\c2ccccc2)c1. The Bertz CT molecular complexity index is 770. The molecule has 6 nitrogen and oxygen atoms in total. The number of ether oxygens (including phenoxy) is 1. The lowest BCUT2D eigenvalue weighted by molar-refractivity contribution is -0.120. The van der Waals surface area contributed by atoms with Crippen LogP contribution in [0.3, 0.4) is 0 Å². The smallest absolute Gasteiger partial charge is 0.259 e. The molecule has 2 aromatic rings. The minimum absolute atomic E-state index is 0.171. The summed E-state index contributed by atoms with van der Waals surface area (Å²) in [6.45, 7) is -0.171. The highest BCUT2D eigenvalue weighted by molar-refractivity contribution is 5.96. The summed E-state index contributed by atoms with van der Waals surface area (Å²) in [6, 6.07) is 16.4. The van der Waals surface area contributed by atoms with Gasteiger partial charge in [0.05, 0.1) is 13.7 Å². The lowest BCUT2D eigenvalue weighted by Crippen LogP contribution is -2.34. The van der Waals surface area contributed by atoms with Gasteiger partial charge in [0.1, 0.15) is 5.75 Å². The van der Waals surface area contributed by atoms with E-state index in [0.717, 1.165) is 5.56 Å². The Labute approximate surface area is 146 Å². The van der Waals surface area contributed by atoms with Crippen LogP contribution in [-0.4, -0.2) is 31.7 Å². The second-order valence-electron chi connectivity index (χ2n) is 5.00. The molecule has 0 aromatic heterocycles. The molecule has 2 rings (SSSR count). The normalized spacial score (nSPS) is 10.8. The highest BCUT2D eigenvalue weighted by Crippen LogP contribution is 2.12. The second-order valence-corrected chi connectivity index (χ2v) is 5.00. The number of rotatable bonds is 7. The van der Waals surface area contributed by atoms with Crippen LogP contribution in [-0.2, 0) is 4.79 Å². The Morgan fingerprint density at radius 2 is 1.92 bits per heavy atom. The number of carbonyl (C=O) groups is 2. The molecule has 128 valence electrons. The average molecular weight is 337 g/mol. The fourth-order valence-corrected chi connectivity index (χ4v) is 1.94. The van der Waals surface area contributed by atoms with Gasteiger partial charge in [-0.25, -0.2) is 5.43 Å². The van der Waals surface area contributed by atoms with Crippen LogP contribution in [0.5, 0.6) is 5.75 Å². The van der Waals surface area contributed by atoms with Crippen LogP contribution in [0.4, 0.5) is 0 Å². The van der Waals surface area contributed by atoms with Crippen LogP contribution in [0, 0.1) is 0 Å². The number of benzene rings is 2. The Hall–Kier alpha value is -3.41.